The van der Waals surface area contributed by atoms with Crippen molar-refractivity contribution in [1.29, 1.82) is 0 Å². The van der Waals surface area contributed by atoms with E-state index in [4.69, 9.17) is 0 Å². The second-order valence-electron chi connectivity index (χ2n) is 3.83. The number of benzene rings is 2. The summed E-state index contributed by atoms with van der Waals surface area (Å²) in [6.07, 6.45) is 0.917. The van der Waals surface area contributed by atoms with Crippen molar-refractivity contribution < 1.29 is 4.79 Å². The number of amides is 1. The summed E-state index contributed by atoms with van der Waals surface area (Å²) in [5.74, 6) is 0.0468. The van der Waals surface area contributed by atoms with Crippen LogP contribution in [0.15, 0.2) is 36.4 Å². The van der Waals surface area contributed by atoms with E-state index >= 15 is 0 Å². The van der Waals surface area contributed by atoms with E-state index < -0.39 is 0 Å². The van der Waals surface area contributed by atoms with Crippen LogP contribution in [0.2, 0.25) is 0 Å². The first-order chi connectivity index (χ1) is 7.36. The van der Waals surface area contributed by atoms with Gasteiger partial charge >= 0.3 is 0 Å². The van der Waals surface area contributed by atoms with Crippen molar-refractivity contribution in [2.75, 3.05) is 6.54 Å². The van der Waals surface area contributed by atoms with E-state index in [9.17, 15) is 4.79 Å². The molecule has 15 heavy (non-hydrogen) atoms. The lowest BCUT2D eigenvalue weighted by Gasteiger charge is -2.05. The Balaban J connectivity index is 2.46. The topological polar surface area (TPSA) is 29.1 Å². The highest BCUT2D eigenvalue weighted by molar-refractivity contribution is 6.08. The van der Waals surface area contributed by atoms with Crippen LogP contribution in [0.4, 0.5) is 0 Å². The summed E-state index contributed by atoms with van der Waals surface area (Å²) in [4.78, 5) is 11.8. The van der Waals surface area contributed by atoms with Gasteiger partial charge in [0.15, 0.2) is 0 Å². The first kappa shape index (κ1) is 8.48. The number of rotatable bonds is 0. The van der Waals surface area contributed by atoms with Gasteiger partial charge in [-0.05, 0) is 28.8 Å². The lowest BCUT2D eigenvalue weighted by molar-refractivity contribution is 0.0957. The molecule has 0 saturated heterocycles. The summed E-state index contributed by atoms with van der Waals surface area (Å²) in [7, 11) is 0. The average Bonchev–Trinajstić information content (AvgIpc) is 2.42. The number of carbonyl (C=O) groups excluding carboxylic acids is 1. The molecule has 2 aromatic rings. The third-order valence-corrected chi connectivity index (χ3v) is 2.92. The molecule has 0 fully saturated rings. The van der Waals surface area contributed by atoms with Crippen molar-refractivity contribution in [2.45, 2.75) is 6.42 Å². The van der Waals surface area contributed by atoms with Crippen LogP contribution in [-0.4, -0.2) is 12.5 Å². The fraction of sp³-hybridized carbons (Fsp3) is 0.154. The number of hydrogen-bond acceptors (Lipinski definition) is 1. The molecule has 0 bridgehead atoms. The Bertz CT molecular complexity index is 540. The monoisotopic (exact) mass is 197 g/mol. The first-order valence-electron chi connectivity index (χ1n) is 5.15. The molecule has 0 spiro atoms. The Morgan fingerprint density at radius 2 is 1.87 bits per heavy atom. The molecule has 1 N–H and O–H groups in total. The van der Waals surface area contributed by atoms with Crippen LogP contribution < -0.4 is 5.32 Å². The highest BCUT2D eigenvalue weighted by atomic mass is 16.1. The molecule has 1 amide bonds. The quantitative estimate of drug-likeness (QED) is 0.688. The van der Waals surface area contributed by atoms with Crippen LogP contribution in [0.25, 0.3) is 10.8 Å². The van der Waals surface area contributed by atoms with Gasteiger partial charge in [-0.3, -0.25) is 4.79 Å². The van der Waals surface area contributed by atoms with Gasteiger partial charge in [0.25, 0.3) is 5.91 Å². The summed E-state index contributed by atoms with van der Waals surface area (Å²) in [6.45, 7) is 0.729. The largest absolute Gasteiger partial charge is 0.352 e. The van der Waals surface area contributed by atoms with Crippen LogP contribution in [0.1, 0.15) is 15.9 Å². The maximum atomic E-state index is 11.8. The van der Waals surface area contributed by atoms with Crippen LogP contribution in [0, 0.1) is 0 Å². The Morgan fingerprint density at radius 1 is 1.07 bits per heavy atom. The lowest BCUT2D eigenvalue weighted by Crippen LogP contribution is -2.23. The standard InChI is InChI=1S/C13H11NO/c15-13-11-6-2-5-9-3-1-4-10(12(9)11)7-8-14-13/h1-6H,7-8H2,(H,14,15). The average molecular weight is 197 g/mol. The molecule has 0 aromatic heterocycles. The third kappa shape index (κ3) is 1.22. The van der Waals surface area contributed by atoms with E-state index in [2.05, 4.69) is 29.6 Å². The summed E-state index contributed by atoms with van der Waals surface area (Å²) in [5, 5.41) is 5.19. The Morgan fingerprint density at radius 3 is 2.73 bits per heavy atom. The zero-order valence-electron chi connectivity index (χ0n) is 8.29. The summed E-state index contributed by atoms with van der Waals surface area (Å²) < 4.78 is 0. The van der Waals surface area contributed by atoms with Crippen molar-refractivity contribution >= 4 is 16.7 Å². The molecule has 0 radical (unpaired) electrons. The van der Waals surface area contributed by atoms with Gasteiger partial charge in [0.1, 0.15) is 0 Å². The van der Waals surface area contributed by atoms with Crippen molar-refractivity contribution in [2.24, 2.45) is 0 Å². The molecule has 0 aliphatic carbocycles. The fourth-order valence-corrected chi connectivity index (χ4v) is 2.22. The van der Waals surface area contributed by atoms with E-state index in [0.717, 1.165) is 29.3 Å². The van der Waals surface area contributed by atoms with Gasteiger partial charge in [0.2, 0.25) is 0 Å². The zero-order chi connectivity index (χ0) is 10.3. The normalized spacial score (nSPS) is 14.8. The first-order valence-corrected chi connectivity index (χ1v) is 5.15. The summed E-state index contributed by atoms with van der Waals surface area (Å²) >= 11 is 0. The van der Waals surface area contributed by atoms with Gasteiger partial charge in [-0.25, -0.2) is 0 Å². The van der Waals surface area contributed by atoms with Gasteiger partial charge in [-0.1, -0.05) is 30.3 Å². The van der Waals surface area contributed by atoms with Crippen LogP contribution in [0.5, 0.6) is 0 Å². The predicted octanol–water partition coefficient (Wildman–Crippen LogP) is 2.13. The number of carbonyl (C=O) groups is 1. The smallest absolute Gasteiger partial charge is 0.251 e. The van der Waals surface area contributed by atoms with E-state index in [-0.39, 0.29) is 5.91 Å². The van der Waals surface area contributed by atoms with Gasteiger partial charge in [-0.2, -0.15) is 0 Å². The molecular weight excluding hydrogens is 186 g/mol. The Labute approximate surface area is 87.9 Å². The minimum absolute atomic E-state index is 0.0468. The molecule has 2 heteroatoms. The maximum Gasteiger partial charge on any atom is 0.251 e. The molecule has 3 rings (SSSR count). The minimum atomic E-state index is 0.0468. The maximum absolute atomic E-state index is 11.8. The minimum Gasteiger partial charge on any atom is -0.352 e. The summed E-state index contributed by atoms with van der Waals surface area (Å²) in [6, 6.07) is 12.1. The SMILES string of the molecule is O=C1NCCc2cccc3cccc1c23. The summed E-state index contributed by atoms with van der Waals surface area (Å²) in [5.41, 5.74) is 2.07. The molecule has 74 valence electrons. The van der Waals surface area contributed by atoms with Crippen LogP contribution in [-0.2, 0) is 6.42 Å². The van der Waals surface area contributed by atoms with Crippen molar-refractivity contribution in [3.05, 3.63) is 47.5 Å². The van der Waals surface area contributed by atoms with Gasteiger partial charge in [-0.15, -0.1) is 0 Å². The van der Waals surface area contributed by atoms with E-state index in [1.54, 1.807) is 0 Å². The predicted molar refractivity (Wildman–Crippen MR) is 60.0 cm³/mol. The van der Waals surface area contributed by atoms with Gasteiger partial charge in [0, 0.05) is 12.1 Å². The molecular formula is C13H11NO. The number of hydrogen-bond donors (Lipinski definition) is 1. The third-order valence-electron chi connectivity index (χ3n) is 2.92. The molecule has 2 nitrogen and oxygen atoms in total. The van der Waals surface area contributed by atoms with Gasteiger partial charge in [0.05, 0.1) is 0 Å². The Kier molecular flexibility index (Phi) is 1.75. The lowest BCUT2D eigenvalue weighted by atomic mass is 9.98. The highest BCUT2D eigenvalue weighted by Gasteiger charge is 2.15. The molecule has 0 saturated carbocycles. The number of nitrogens with one attached hydrogen (secondary N) is 1. The second kappa shape index (κ2) is 3.09. The van der Waals surface area contributed by atoms with E-state index in [0.29, 0.717) is 0 Å². The molecule has 0 atom stereocenters. The molecule has 1 heterocycles. The van der Waals surface area contributed by atoms with E-state index in [1.807, 2.05) is 12.1 Å². The molecule has 2 aromatic carbocycles. The van der Waals surface area contributed by atoms with Crippen molar-refractivity contribution in [3.8, 4) is 0 Å². The van der Waals surface area contributed by atoms with Crippen LogP contribution >= 0.6 is 0 Å². The second-order valence-corrected chi connectivity index (χ2v) is 3.83. The highest BCUT2D eigenvalue weighted by Crippen LogP contribution is 2.24. The Hall–Kier alpha value is -1.83. The van der Waals surface area contributed by atoms with Crippen molar-refractivity contribution in [1.82, 2.24) is 5.32 Å². The molecule has 1 aliphatic rings. The van der Waals surface area contributed by atoms with E-state index in [1.165, 1.54) is 5.56 Å². The van der Waals surface area contributed by atoms with Crippen molar-refractivity contribution in [3.63, 3.8) is 0 Å². The molecule has 0 unspecified atom stereocenters. The zero-order valence-corrected chi connectivity index (χ0v) is 8.29. The fourth-order valence-electron chi connectivity index (χ4n) is 2.22. The van der Waals surface area contributed by atoms with Gasteiger partial charge < -0.3 is 5.32 Å². The van der Waals surface area contributed by atoms with Crippen LogP contribution in [0.3, 0.4) is 0 Å². The molecule has 1 aliphatic heterocycles.